The van der Waals surface area contributed by atoms with Crippen molar-refractivity contribution in [3.05, 3.63) is 0 Å². The minimum Gasteiger partial charge on any atom is -0.380 e. The lowest BCUT2D eigenvalue weighted by molar-refractivity contribution is -0.123. The van der Waals surface area contributed by atoms with Crippen LogP contribution in [0.2, 0.25) is 0 Å². The van der Waals surface area contributed by atoms with Crippen LogP contribution in [0, 0.1) is 11.8 Å². The molecule has 1 aliphatic rings. The number of rotatable bonds is 8. The SMILES string of the molecule is CC(C)CCCOCCN1CCOCC1.CNC(=O)C(C)C. The summed E-state index contributed by atoms with van der Waals surface area (Å²) >= 11 is 0. The molecule has 1 aliphatic heterocycles. The van der Waals surface area contributed by atoms with Gasteiger partial charge in [0, 0.05) is 39.2 Å². The van der Waals surface area contributed by atoms with Crippen molar-refractivity contribution in [1.82, 2.24) is 10.2 Å². The van der Waals surface area contributed by atoms with Crippen LogP contribution < -0.4 is 5.32 Å². The summed E-state index contributed by atoms with van der Waals surface area (Å²) in [5.41, 5.74) is 0. The summed E-state index contributed by atoms with van der Waals surface area (Å²) in [5, 5.41) is 2.53. The Kier molecular flexibility index (Phi) is 13.6. The maximum Gasteiger partial charge on any atom is 0.222 e. The zero-order valence-corrected chi connectivity index (χ0v) is 15.2. The second-order valence-corrected chi connectivity index (χ2v) is 6.37. The molecule has 0 atom stereocenters. The van der Waals surface area contributed by atoms with E-state index in [9.17, 15) is 4.79 Å². The maximum absolute atomic E-state index is 10.4. The third kappa shape index (κ3) is 13.0. The average molecular weight is 316 g/mol. The number of ether oxygens (including phenoxy) is 2. The topological polar surface area (TPSA) is 50.8 Å². The van der Waals surface area contributed by atoms with Gasteiger partial charge < -0.3 is 14.8 Å². The van der Waals surface area contributed by atoms with Gasteiger partial charge in [-0.1, -0.05) is 27.7 Å². The summed E-state index contributed by atoms with van der Waals surface area (Å²) in [6.07, 6.45) is 2.47. The highest BCUT2D eigenvalue weighted by atomic mass is 16.5. The van der Waals surface area contributed by atoms with Gasteiger partial charge in [-0.25, -0.2) is 0 Å². The van der Waals surface area contributed by atoms with Crippen molar-refractivity contribution in [1.29, 1.82) is 0 Å². The fraction of sp³-hybridized carbons (Fsp3) is 0.941. The first kappa shape index (κ1) is 21.4. The normalized spacial score (nSPS) is 15.6. The Morgan fingerprint density at radius 3 is 2.27 bits per heavy atom. The van der Waals surface area contributed by atoms with Crippen molar-refractivity contribution < 1.29 is 14.3 Å². The fourth-order valence-corrected chi connectivity index (χ4v) is 2.00. The number of morpholine rings is 1. The molecule has 0 bridgehead atoms. The largest absolute Gasteiger partial charge is 0.380 e. The van der Waals surface area contributed by atoms with E-state index in [2.05, 4.69) is 24.1 Å². The Morgan fingerprint density at radius 1 is 1.18 bits per heavy atom. The highest BCUT2D eigenvalue weighted by molar-refractivity contribution is 5.77. The number of hydrogen-bond acceptors (Lipinski definition) is 4. The Hall–Kier alpha value is -0.650. The molecule has 1 saturated heterocycles. The lowest BCUT2D eigenvalue weighted by atomic mass is 10.1. The summed E-state index contributed by atoms with van der Waals surface area (Å²) < 4.78 is 10.9. The number of nitrogens with one attached hydrogen (secondary N) is 1. The Bertz CT molecular complexity index is 265. The molecule has 0 aromatic heterocycles. The fourth-order valence-electron chi connectivity index (χ4n) is 2.00. The summed E-state index contributed by atoms with van der Waals surface area (Å²) in [6.45, 7) is 15.0. The van der Waals surface area contributed by atoms with Crippen LogP contribution in [0.1, 0.15) is 40.5 Å². The van der Waals surface area contributed by atoms with Gasteiger partial charge in [-0.2, -0.15) is 0 Å². The standard InChI is InChI=1S/C12H25NO2.C5H11NO/c1-12(2)4-3-8-14-9-5-13-6-10-15-11-7-13;1-4(2)5(7)6-3/h12H,3-11H2,1-2H3;4H,1-3H3,(H,6,7). The predicted molar refractivity (Wildman–Crippen MR) is 91.1 cm³/mol. The van der Waals surface area contributed by atoms with Crippen molar-refractivity contribution in [3.8, 4) is 0 Å². The molecular formula is C17H36N2O3. The van der Waals surface area contributed by atoms with Gasteiger partial charge in [0.05, 0.1) is 19.8 Å². The lowest BCUT2D eigenvalue weighted by Gasteiger charge is -2.26. The molecule has 1 N–H and O–H groups in total. The van der Waals surface area contributed by atoms with Gasteiger partial charge in [0.15, 0.2) is 0 Å². The summed E-state index contributed by atoms with van der Waals surface area (Å²) in [4.78, 5) is 12.8. The van der Waals surface area contributed by atoms with E-state index in [4.69, 9.17) is 9.47 Å². The van der Waals surface area contributed by atoms with Gasteiger partial charge in [-0.3, -0.25) is 9.69 Å². The van der Waals surface area contributed by atoms with Crippen LogP contribution in [-0.4, -0.2) is 63.9 Å². The third-order valence-electron chi connectivity index (χ3n) is 3.50. The molecule has 0 aromatic rings. The molecule has 132 valence electrons. The molecule has 5 heteroatoms. The molecule has 0 aliphatic carbocycles. The zero-order valence-electron chi connectivity index (χ0n) is 15.2. The van der Waals surface area contributed by atoms with E-state index in [1.54, 1.807) is 7.05 Å². The molecule has 1 fully saturated rings. The van der Waals surface area contributed by atoms with Crippen molar-refractivity contribution in [2.75, 3.05) is 53.1 Å². The highest BCUT2D eigenvalue weighted by Gasteiger charge is 2.09. The Balaban J connectivity index is 0.000000534. The van der Waals surface area contributed by atoms with Gasteiger partial charge in [-0.15, -0.1) is 0 Å². The molecule has 22 heavy (non-hydrogen) atoms. The van der Waals surface area contributed by atoms with Gasteiger partial charge in [0.2, 0.25) is 5.91 Å². The molecule has 1 rings (SSSR count). The molecule has 0 aromatic carbocycles. The lowest BCUT2D eigenvalue weighted by Crippen LogP contribution is -2.38. The molecular weight excluding hydrogens is 280 g/mol. The van der Waals surface area contributed by atoms with Gasteiger partial charge in [0.1, 0.15) is 0 Å². The first-order valence-electron chi connectivity index (χ1n) is 8.56. The maximum atomic E-state index is 10.4. The van der Waals surface area contributed by atoms with Crippen LogP contribution >= 0.6 is 0 Å². The van der Waals surface area contributed by atoms with Crippen LogP contribution in [0.15, 0.2) is 0 Å². The van der Waals surface area contributed by atoms with Crippen molar-refractivity contribution in [2.45, 2.75) is 40.5 Å². The molecule has 0 saturated carbocycles. The van der Waals surface area contributed by atoms with E-state index >= 15 is 0 Å². The van der Waals surface area contributed by atoms with Crippen LogP contribution in [0.25, 0.3) is 0 Å². The van der Waals surface area contributed by atoms with Gasteiger partial charge in [-0.05, 0) is 18.8 Å². The average Bonchev–Trinajstić information content (AvgIpc) is 2.51. The highest BCUT2D eigenvalue weighted by Crippen LogP contribution is 2.03. The first-order chi connectivity index (χ1) is 10.5. The van der Waals surface area contributed by atoms with Crippen molar-refractivity contribution in [3.63, 3.8) is 0 Å². The quantitative estimate of drug-likeness (QED) is 0.697. The van der Waals surface area contributed by atoms with E-state index in [-0.39, 0.29) is 11.8 Å². The van der Waals surface area contributed by atoms with E-state index in [1.165, 1.54) is 12.8 Å². The smallest absolute Gasteiger partial charge is 0.222 e. The van der Waals surface area contributed by atoms with Crippen LogP contribution in [0.4, 0.5) is 0 Å². The summed E-state index contributed by atoms with van der Waals surface area (Å²) in [5.74, 6) is 1.01. The monoisotopic (exact) mass is 316 g/mol. The molecule has 0 unspecified atom stereocenters. The number of nitrogens with zero attached hydrogens (tertiary/aromatic N) is 1. The number of carbonyl (C=O) groups excluding carboxylic acids is 1. The summed E-state index contributed by atoms with van der Waals surface area (Å²) in [6, 6.07) is 0. The van der Waals surface area contributed by atoms with E-state index in [0.29, 0.717) is 0 Å². The Morgan fingerprint density at radius 2 is 1.82 bits per heavy atom. The minimum atomic E-state index is 0.0972. The van der Waals surface area contributed by atoms with Crippen LogP contribution in [-0.2, 0) is 14.3 Å². The molecule has 0 spiro atoms. The predicted octanol–water partition coefficient (Wildman–Crippen LogP) is 2.16. The van der Waals surface area contributed by atoms with Crippen LogP contribution in [0.5, 0.6) is 0 Å². The number of hydrogen-bond donors (Lipinski definition) is 1. The van der Waals surface area contributed by atoms with Crippen LogP contribution in [0.3, 0.4) is 0 Å². The molecule has 0 radical (unpaired) electrons. The van der Waals surface area contributed by atoms with Crippen molar-refractivity contribution in [2.24, 2.45) is 11.8 Å². The second kappa shape index (κ2) is 14.0. The van der Waals surface area contributed by atoms with Crippen molar-refractivity contribution >= 4 is 5.91 Å². The van der Waals surface area contributed by atoms with E-state index < -0.39 is 0 Å². The zero-order chi connectivity index (χ0) is 16.8. The van der Waals surface area contributed by atoms with E-state index in [0.717, 1.165) is 52.0 Å². The minimum absolute atomic E-state index is 0.0972. The molecule has 5 nitrogen and oxygen atoms in total. The second-order valence-electron chi connectivity index (χ2n) is 6.37. The van der Waals surface area contributed by atoms with Gasteiger partial charge in [0.25, 0.3) is 0 Å². The molecule has 1 amide bonds. The Labute approximate surface area is 136 Å². The van der Waals surface area contributed by atoms with E-state index in [1.807, 2.05) is 13.8 Å². The first-order valence-corrected chi connectivity index (χ1v) is 8.56. The third-order valence-corrected chi connectivity index (χ3v) is 3.50. The number of amides is 1. The van der Waals surface area contributed by atoms with Gasteiger partial charge >= 0.3 is 0 Å². The number of carbonyl (C=O) groups is 1. The summed E-state index contributed by atoms with van der Waals surface area (Å²) in [7, 11) is 1.64. The molecule has 1 heterocycles.